The Bertz CT molecular complexity index is 419. The van der Waals surface area contributed by atoms with Crippen LogP contribution < -0.4 is 0 Å². The molecule has 0 N–H and O–H groups in total. The predicted octanol–water partition coefficient (Wildman–Crippen LogP) is 5.21. The second-order valence-electron chi connectivity index (χ2n) is 7.51. The van der Waals surface area contributed by atoms with Gasteiger partial charge in [0.25, 0.3) is 5.97 Å². The molecule has 0 saturated carbocycles. The van der Waals surface area contributed by atoms with E-state index in [1.807, 2.05) is 13.8 Å². The van der Waals surface area contributed by atoms with E-state index < -0.39 is 26.9 Å². The molecule has 1 unspecified atom stereocenters. The van der Waals surface area contributed by atoms with Crippen molar-refractivity contribution in [2.24, 2.45) is 0 Å². The highest BCUT2D eigenvalue weighted by molar-refractivity contribution is 6.60. The van der Waals surface area contributed by atoms with Gasteiger partial charge in [0.15, 0.2) is 12.1 Å². The van der Waals surface area contributed by atoms with Crippen molar-refractivity contribution in [3.8, 4) is 0 Å². The van der Waals surface area contributed by atoms with Gasteiger partial charge in [-0.05, 0) is 12.8 Å². The number of hydrogen-bond donors (Lipinski definition) is 0. The van der Waals surface area contributed by atoms with Gasteiger partial charge in [0.2, 0.25) is 0 Å². The van der Waals surface area contributed by atoms with Crippen LogP contribution in [-0.2, 0) is 32.2 Å². The lowest BCUT2D eigenvalue weighted by atomic mass is 10.1. The average molecular weight is 437 g/mol. The van der Waals surface area contributed by atoms with Crippen LogP contribution in [0.4, 0.5) is 0 Å². The zero-order valence-corrected chi connectivity index (χ0v) is 20.7. The first-order valence-corrected chi connectivity index (χ1v) is 13.3. The summed E-state index contributed by atoms with van der Waals surface area (Å²) >= 11 is 0. The molecule has 174 valence electrons. The number of ether oxygens (including phenoxy) is 4. The molecule has 0 aromatic rings. The molecule has 1 aliphatic rings. The molecule has 1 fully saturated rings. The molecule has 0 aliphatic carbocycles. The van der Waals surface area contributed by atoms with E-state index in [1.165, 1.54) is 0 Å². The van der Waals surface area contributed by atoms with E-state index in [2.05, 4.69) is 20.8 Å². The highest BCUT2D eigenvalue weighted by atomic mass is 28.4. The van der Waals surface area contributed by atoms with Gasteiger partial charge in [-0.15, -0.1) is 0 Å². The summed E-state index contributed by atoms with van der Waals surface area (Å²) in [6, 6.07) is 0.737. The molecule has 0 spiro atoms. The minimum absolute atomic E-state index is 0.520. The maximum atomic E-state index is 6.64. The smallest absolute Gasteiger partial charge is 0.377 e. The minimum Gasteiger partial charge on any atom is -0.377 e. The average Bonchev–Trinajstić information content (AvgIpc) is 2.74. The Morgan fingerprint density at radius 2 is 1.52 bits per heavy atom. The van der Waals surface area contributed by atoms with Crippen LogP contribution in [0.5, 0.6) is 0 Å². The summed E-state index contributed by atoms with van der Waals surface area (Å²) < 4.78 is 42.8. The van der Waals surface area contributed by atoms with Crippen molar-refractivity contribution in [2.45, 2.75) is 110 Å². The van der Waals surface area contributed by atoms with E-state index in [0.29, 0.717) is 26.1 Å². The van der Waals surface area contributed by atoms with Crippen LogP contribution in [-0.4, -0.2) is 54.3 Å². The lowest BCUT2D eigenvalue weighted by molar-refractivity contribution is -0.450. The summed E-state index contributed by atoms with van der Waals surface area (Å²) in [4.78, 5) is 0. The lowest BCUT2D eigenvalue weighted by Gasteiger charge is -2.44. The Kier molecular flexibility index (Phi) is 12.4. The number of rotatable bonds is 16. The van der Waals surface area contributed by atoms with Crippen molar-refractivity contribution >= 4 is 8.80 Å². The quantitative estimate of drug-likeness (QED) is 0.243. The Balaban J connectivity index is 3.09. The molecule has 0 bridgehead atoms. The molecule has 0 amide bonds. The molecule has 1 atom stereocenters. The van der Waals surface area contributed by atoms with Gasteiger partial charge in [-0.1, -0.05) is 53.9 Å². The van der Waals surface area contributed by atoms with Crippen molar-refractivity contribution in [2.75, 3.05) is 27.4 Å². The van der Waals surface area contributed by atoms with Gasteiger partial charge in [-0.3, -0.25) is 4.74 Å². The maximum absolute atomic E-state index is 6.64. The SMILES string of the molecule is CCCC(CCC)(OC(CC)OC1(CC)OCCCO1)O[Si](CCC)(OC)OC. The van der Waals surface area contributed by atoms with E-state index in [1.54, 1.807) is 14.2 Å². The third-order valence-electron chi connectivity index (χ3n) is 5.14. The first kappa shape index (κ1) is 27.0. The van der Waals surface area contributed by atoms with Crippen LogP contribution in [0.1, 0.15) is 86.0 Å². The summed E-state index contributed by atoms with van der Waals surface area (Å²) in [5.74, 6) is -1.88. The lowest BCUT2D eigenvalue weighted by Crippen LogP contribution is -2.55. The molecular formula is C21H44O7Si. The highest BCUT2D eigenvalue weighted by Crippen LogP contribution is 2.36. The topological polar surface area (TPSA) is 64.6 Å². The van der Waals surface area contributed by atoms with E-state index in [9.17, 15) is 0 Å². The van der Waals surface area contributed by atoms with E-state index in [0.717, 1.165) is 44.6 Å². The van der Waals surface area contributed by atoms with Crippen LogP contribution in [0.2, 0.25) is 6.04 Å². The molecule has 1 aliphatic heterocycles. The molecule has 7 nitrogen and oxygen atoms in total. The third kappa shape index (κ3) is 7.85. The molecule has 0 aromatic carbocycles. The van der Waals surface area contributed by atoms with Gasteiger partial charge in [-0.2, -0.15) is 0 Å². The van der Waals surface area contributed by atoms with E-state index in [4.69, 9.17) is 32.2 Å². The Hall–Kier alpha value is -0.0631. The predicted molar refractivity (Wildman–Crippen MR) is 114 cm³/mol. The standard InChI is InChI=1S/C21H44O7Si/c1-8-14-20(15-9-2,28-29(22-6,23-7)18-10-3)26-19(11-4)27-21(12-5)24-16-13-17-25-21/h19H,8-18H2,1-7H3. The van der Waals surface area contributed by atoms with E-state index in [-0.39, 0.29) is 0 Å². The summed E-state index contributed by atoms with van der Waals surface area (Å²) in [7, 11) is 0.473. The monoisotopic (exact) mass is 436 g/mol. The van der Waals surface area contributed by atoms with Crippen LogP contribution in [0.25, 0.3) is 0 Å². The number of hydrogen-bond acceptors (Lipinski definition) is 7. The molecule has 0 aromatic heterocycles. The van der Waals surface area contributed by atoms with Crippen molar-refractivity contribution in [3.63, 3.8) is 0 Å². The fourth-order valence-electron chi connectivity index (χ4n) is 3.68. The molecule has 1 rings (SSSR count). The third-order valence-corrected chi connectivity index (χ3v) is 8.18. The van der Waals surface area contributed by atoms with Gasteiger partial charge in [0, 0.05) is 39.5 Å². The van der Waals surface area contributed by atoms with Crippen LogP contribution in [0.3, 0.4) is 0 Å². The van der Waals surface area contributed by atoms with Crippen LogP contribution >= 0.6 is 0 Å². The first-order valence-electron chi connectivity index (χ1n) is 11.4. The van der Waals surface area contributed by atoms with Crippen molar-refractivity contribution in [1.29, 1.82) is 0 Å². The van der Waals surface area contributed by atoms with Gasteiger partial charge in [-0.25, -0.2) is 0 Å². The van der Waals surface area contributed by atoms with Gasteiger partial charge in [0.05, 0.1) is 13.2 Å². The Labute approximate surface area is 179 Å². The van der Waals surface area contributed by atoms with Crippen LogP contribution in [0.15, 0.2) is 0 Å². The van der Waals surface area contributed by atoms with Gasteiger partial charge >= 0.3 is 8.80 Å². The Morgan fingerprint density at radius 3 is 1.93 bits per heavy atom. The van der Waals surface area contributed by atoms with Gasteiger partial charge in [0.1, 0.15) is 0 Å². The fraction of sp³-hybridized carbons (Fsp3) is 1.00. The molecule has 8 heteroatoms. The first-order chi connectivity index (χ1) is 13.9. The maximum Gasteiger partial charge on any atom is 0.502 e. The molecule has 0 radical (unpaired) electrons. The van der Waals surface area contributed by atoms with Crippen molar-refractivity contribution in [1.82, 2.24) is 0 Å². The summed E-state index contributed by atoms with van der Waals surface area (Å²) in [5, 5.41) is 0. The zero-order chi connectivity index (χ0) is 21.8. The van der Waals surface area contributed by atoms with Gasteiger partial charge < -0.3 is 27.5 Å². The largest absolute Gasteiger partial charge is 0.502 e. The molecule has 1 heterocycles. The minimum atomic E-state index is -2.86. The van der Waals surface area contributed by atoms with Crippen molar-refractivity contribution < 1.29 is 32.2 Å². The normalized spacial score (nSPS) is 18.7. The second-order valence-corrected chi connectivity index (χ2v) is 10.4. The van der Waals surface area contributed by atoms with E-state index >= 15 is 0 Å². The van der Waals surface area contributed by atoms with Crippen molar-refractivity contribution in [3.05, 3.63) is 0 Å². The Morgan fingerprint density at radius 1 is 0.931 bits per heavy atom. The van der Waals surface area contributed by atoms with Crippen LogP contribution in [0, 0.1) is 0 Å². The summed E-state index contributed by atoms with van der Waals surface area (Å²) in [6.45, 7) is 11.6. The molecule has 1 saturated heterocycles. The zero-order valence-electron chi connectivity index (χ0n) is 19.7. The highest BCUT2D eigenvalue weighted by Gasteiger charge is 2.49. The fourth-order valence-corrected chi connectivity index (χ4v) is 5.96. The molecule has 29 heavy (non-hydrogen) atoms. The molecular weight excluding hydrogens is 392 g/mol. The summed E-state index contributed by atoms with van der Waals surface area (Å²) in [5.41, 5.74) is 0. The second kappa shape index (κ2) is 13.4. The summed E-state index contributed by atoms with van der Waals surface area (Å²) in [6.07, 6.45) is 5.78.